The van der Waals surface area contributed by atoms with E-state index in [0.29, 0.717) is 18.9 Å². The highest BCUT2D eigenvalue weighted by Gasteiger charge is 2.20. The Bertz CT molecular complexity index is 891. The van der Waals surface area contributed by atoms with Crippen molar-refractivity contribution in [2.75, 3.05) is 19.0 Å². The van der Waals surface area contributed by atoms with Gasteiger partial charge in [-0.3, -0.25) is 19.2 Å². The van der Waals surface area contributed by atoms with Crippen LogP contribution in [0.5, 0.6) is 0 Å². The molecule has 32 heavy (non-hydrogen) atoms. The Labute approximate surface area is 187 Å². The Morgan fingerprint density at radius 3 is 2.53 bits per heavy atom. The summed E-state index contributed by atoms with van der Waals surface area (Å²) < 4.78 is 5.69. The summed E-state index contributed by atoms with van der Waals surface area (Å²) >= 11 is 0. The van der Waals surface area contributed by atoms with Crippen LogP contribution in [0.3, 0.4) is 0 Å². The van der Waals surface area contributed by atoms with Crippen LogP contribution in [0, 0.1) is 5.92 Å². The largest absolute Gasteiger partial charge is 0.466 e. The third-order valence-electron chi connectivity index (χ3n) is 4.41. The number of carbonyl (C=O) groups excluding carboxylic acids is 4. The normalized spacial score (nSPS) is 11.8. The lowest BCUT2D eigenvalue weighted by atomic mass is 10.1. The molecule has 1 rings (SSSR count). The number of anilines is 1. The van der Waals surface area contributed by atoms with Crippen LogP contribution in [0.25, 0.3) is 0 Å². The predicted octanol–water partition coefficient (Wildman–Crippen LogP) is 0.963. The van der Waals surface area contributed by atoms with Crippen molar-refractivity contribution in [3.63, 3.8) is 0 Å². The fraction of sp³-hybridized carbons (Fsp3) is 0.500. The first-order chi connectivity index (χ1) is 15.1. The quantitative estimate of drug-likeness (QED) is 0.322. The number of carbonyl (C=O) groups is 4. The molecule has 1 heterocycles. The molecule has 1 unspecified atom stereocenters. The van der Waals surface area contributed by atoms with Crippen LogP contribution >= 0.6 is 0 Å². The average molecular weight is 449 g/mol. The first-order valence-corrected chi connectivity index (χ1v) is 10.4. The summed E-state index contributed by atoms with van der Waals surface area (Å²) in [5.41, 5.74) is -0.542. The maximum Gasteiger partial charge on any atom is 0.330 e. The van der Waals surface area contributed by atoms with Crippen molar-refractivity contribution < 1.29 is 23.9 Å². The smallest absolute Gasteiger partial charge is 0.330 e. The Morgan fingerprint density at radius 1 is 1.19 bits per heavy atom. The molecule has 0 saturated heterocycles. The van der Waals surface area contributed by atoms with E-state index in [9.17, 15) is 24.0 Å². The molecule has 176 valence electrons. The average Bonchev–Trinajstić information content (AvgIpc) is 2.72. The molecule has 0 radical (unpaired) electrons. The van der Waals surface area contributed by atoms with Crippen molar-refractivity contribution in [3.05, 3.63) is 40.8 Å². The number of ether oxygens (including phenoxy) is 1. The van der Waals surface area contributed by atoms with Gasteiger partial charge in [0.25, 0.3) is 5.56 Å². The maximum absolute atomic E-state index is 12.7. The number of nitrogens with zero attached hydrogens (tertiary/aromatic N) is 1. The van der Waals surface area contributed by atoms with Gasteiger partial charge in [-0.05, 0) is 37.3 Å². The molecule has 0 aromatic carbocycles. The molecule has 1 aromatic rings. The minimum atomic E-state index is -0.915. The highest BCUT2D eigenvalue weighted by atomic mass is 16.5. The lowest BCUT2D eigenvalue weighted by Gasteiger charge is -2.17. The third-order valence-corrected chi connectivity index (χ3v) is 4.41. The van der Waals surface area contributed by atoms with E-state index in [0.717, 1.165) is 6.42 Å². The van der Waals surface area contributed by atoms with Crippen LogP contribution in [0.4, 0.5) is 5.69 Å². The summed E-state index contributed by atoms with van der Waals surface area (Å²) in [6, 6.07) is 2.06. The number of aromatic nitrogens is 1. The minimum absolute atomic E-state index is 0.00654. The van der Waals surface area contributed by atoms with E-state index in [1.165, 1.54) is 43.0 Å². The number of amides is 3. The molecular formula is C22H32N4O6. The molecule has 3 N–H and O–H groups in total. The van der Waals surface area contributed by atoms with Crippen molar-refractivity contribution >= 4 is 29.4 Å². The van der Waals surface area contributed by atoms with Gasteiger partial charge in [0.2, 0.25) is 17.7 Å². The molecule has 0 saturated carbocycles. The molecule has 0 fully saturated rings. The molecule has 10 nitrogen and oxygen atoms in total. The van der Waals surface area contributed by atoms with Crippen LogP contribution in [-0.2, 0) is 30.5 Å². The van der Waals surface area contributed by atoms with E-state index < -0.39 is 29.4 Å². The highest BCUT2D eigenvalue weighted by Crippen LogP contribution is 2.05. The second-order valence-electron chi connectivity index (χ2n) is 7.63. The van der Waals surface area contributed by atoms with Gasteiger partial charge < -0.3 is 25.3 Å². The highest BCUT2D eigenvalue weighted by molar-refractivity contribution is 5.96. The zero-order chi connectivity index (χ0) is 24.1. The molecule has 0 bridgehead atoms. The van der Waals surface area contributed by atoms with Crippen LogP contribution in [0.2, 0.25) is 0 Å². The molecule has 0 aliphatic heterocycles. The van der Waals surface area contributed by atoms with Gasteiger partial charge in [0.1, 0.15) is 18.3 Å². The van der Waals surface area contributed by atoms with Gasteiger partial charge in [0.05, 0.1) is 7.11 Å². The topological polar surface area (TPSA) is 136 Å². The number of allylic oxidation sites excluding steroid dienone is 1. The number of rotatable bonds is 12. The van der Waals surface area contributed by atoms with Gasteiger partial charge in [-0.2, -0.15) is 0 Å². The van der Waals surface area contributed by atoms with Crippen molar-refractivity contribution in [1.82, 2.24) is 15.2 Å². The van der Waals surface area contributed by atoms with Crippen LogP contribution in [0.15, 0.2) is 35.3 Å². The van der Waals surface area contributed by atoms with Crippen LogP contribution < -0.4 is 21.5 Å². The van der Waals surface area contributed by atoms with Gasteiger partial charge in [-0.1, -0.05) is 19.9 Å². The maximum atomic E-state index is 12.7. The van der Waals surface area contributed by atoms with E-state index in [-0.39, 0.29) is 24.6 Å². The van der Waals surface area contributed by atoms with Gasteiger partial charge in [-0.15, -0.1) is 0 Å². The number of hydrogen-bond acceptors (Lipinski definition) is 6. The lowest BCUT2D eigenvalue weighted by Crippen LogP contribution is -2.43. The molecule has 1 aromatic heterocycles. The standard InChI is InChI=1S/C22H32N4O6/c1-15(2)11-12-23-19(28)14-26-13-7-9-18(22(26)31)25-21(30)17(24-16(3)27)8-5-6-10-20(29)32-4/h6-7,9-10,13,15,17H,5,8,11-12,14H2,1-4H3,(H,23,28)(H,24,27)(H,25,30). The van der Waals surface area contributed by atoms with Gasteiger partial charge in [0.15, 0.2) is 0 Å². The first kappa shape index (κ1) is 26.6. The molecule has 1 atom stereocenters. The Kier molecular flexibility index (Phi) is 11.5. The molecular weight excluding hydrogens is 416 g/mol. The van der Waals surface area contributed by atoms with E-state index in [2.05, 4.69) is 20.7 Å². The number of esters is 1. The summed E-state index contributed by atoms with van der Waals surface area (Å²) in [7, 11) is 1.25. The molecule has 3 amide bonds. The lowest BCUT2D eigenvalue weighted by molar-refractivity contribution is -0.134. The zero-order valence-corrected chi connectivity index (χ0v) is 19.0. The summed E-state index contributed by atoms with van der Waals surface area (Å²) in [6.07, 6.45) is 5.58. The van der Waals surface area contributed by atoms with Crippen molar-refractivity contribution in [2.24, 2.45) is 5.92 Å². The SMILES string of the molecule is COC(=O)C=CCCC(NC(C)=O)C(=O)Nc1cccn(CC(=O)NCCC(C)C)c1=O. The first-order valence-electron chi connectivity index (χ1n) is 10.4. The van der Waals surface area contributed by atoms with E-state index in [1.54, 1.807) is 6.07 Å². The zero-order valence-electron chi connectivity index (χ0n) is 19.0. The second kappa shape index (κ2) is 13.8. The van der Waals surface area contributed by atoms with E-state index >= 15 is 0 Å². The molecule has 0 spiro atoms. The number of hydrogen-bond donors (Lipinski definition) is 3. The third kappa shape index (κ3) is 10.1. The Balaban J connectivity index is 2.81. The van der Waals surface area contributed by atoms with Gasteiger partial charge >= 0.3 is 5.97 Å². The van der Waals surface area contributed by atoms with Gasteiger partial charge in [-0.25, -0.2) is 4.79 Å². The van der Waals surface area contributed by atoms with Crippen LogP contribution in [0.1, 0.15) is 40.0 Å². The Hall–Kier alpha value is -3.43. The van der Waals surface area contributed by atoms with E-state index in [4.69, 9.17) is 0 Å². The number of pyridine rings is 1. The summed E-state index contributed by atoms with van der Waals surface area (Å²) in [4.78, 5) is 60.0. The van der Waals surface area contributed by atoms with Crippen LogP contribution in [-0.4, -0.2) is 48.0 Å². The minimum Gasteiger partial charge on any atom is -0.466 e. The summed E-state index contributed by atoms with van der Waals surface area (Å²) in [6.45, 7) is 5.72. The van der Waals surface area contributed by atoms with Crippen molar-refractivity contribution in [2.45, 2.75) is 52.6 Å². The molecule has 0 aliphatic rings. The van der Waals surface area contributed by atoms with Crippen molar-refractivity contribution in [3.8, 4) is 0 Å². The Morgan fingerprint density at radius 2 is 1.91 bits per heavy atom. The second-order valence-corrected chi connectivity index (χ2v) is 7.63. The fourth-order valence-electron chi connectivity index (χ4n) is 2.71. The summed E-state index contributed by atoms with van der Waals surface area (Å²) in [5, 5.41) is 7.80. The van der Waals surface area contributed by atoms with E-state index in [1.807, 2.05) is 13.8 Å². The molecule has 10 heteroatoms. The number of methoxy groups -OCH3 is 1. The summed E-state index contributed by atoms with van der Waals surface area (Å²) in [5.74, 6) is -1.37. The predicted molar refractivity (Wildman–Crippen MR) is 120 cm³/mol. The monoisotopic (exact) mass is 448 g/mol. The fourth-order valence-corrected chi connectivity index (χ4v) is 2.71. The van der Waals surface area contributed by atoms with Gasteiger partial charge in [0, 0.05) is 25.7 Å². The van der Waals surface area contributed by atoms with Crippen molar-refractivity contribution in [1.29, 1.82) is 0 Å². The molecule has 0 aliphatic carbocycles. The number of nitrogens with one attached hydrogen (secondary N) is 3.